The van der Waals surface area contributed by atoms with Crippen LogP contribution in [0.5, 0.6) is 11.5 Å². The van der Waals surface area contributed by atoms with Gasteiger partial charge in [-0.25, -0.2) is 8.42 Å². The van der Waals surface area contributed by atoms with Crippen LogP contribution in [-0.4, -0.2) is 57.8 Å². The first-order valence-corrected chi connectivity index (χ1v) is 11.3. The third kappa shape index (κ3) is 5.40. The SMILES string of the molecule is CCOc1ccccc1NC(=O)CS(=O)(=O)CC(=O)c1ccc2c(c1)N(C)C(=O)CO2. The fourth-order valence-electron chi connectivity index (χ4n) is 3.02. The molecule has 31 heavy (non-hydrogen) atoms. The van der Waals surface area contributed by atoms with E-state index in [4.69, 9.17) is 9.47 Å². The number of rotatable bonds is 8. The lowest BCUT2D eigenvalue weighted by molar-refractivity contribution is -0.121. The minimum absolute atomic E-state index is 0.104. The van der Waals surface area contributed by atoms with Crippen molar-refractivity contribution in [3.63, 3.8) is 0 Å². The first kappa shape index (κ1) is 22.3. The average molecular weight is 446 g/mol. The predicted octanol–water partition coefficient (Wildman–Crippen LogP) is 1.68. The lowest BCUT2D eigenvalue weighted by Gasteiger charge is -2.26. The van der Waals surface area contributed by atoms with Gasteiger partial charge >= 0.3 is 0 Å². The molecule has 1 aliphatic heterocycles. The third-order valence-electron chi connectivity index (χ3n) is 4.53. The summed E-state index contributed by atoms with van der Waals surface area (Å²) in [6.07, 6.45) is 0. The van der Waals surface area contributed by atoms with Crippen molar-refractivity contribution < 1.29 is 32.3 Å². The molecular weight excluding hydrogens is 424 g/mol. The number of anilines is 2. The molecule has 0 bridgehead atoms. The molecule has 0 radical (unpaired) electrons. The summed E-state index contributed by atoms with van der Waals surface area (Å²) in [5.74, 6) is -2.60. The molecule has 9 nitrogen and oxygen atoms in total. The highest BCUT2D eigenvalue weighted by molar-refractivity contribution is 7.92. The molecule has 0 saturated heterocycles. The highest BCUT2D eigenvalue weighted by atomic mass is 32.2. The van der Waals surface area contributed by atoms with E-state index < -0.39 is 33.0 Å². The molecule has 0 fully saturated rings. The number of benzene rings is 2. The lowest BCUT2D eigenvalue weighted by atomic mass is 10.1. The molecule has 1 heterocycles. The number of fused-ring (bicyclic) bond motifs is 1. The number of hydrogen-bond donors (Lipinski definition) is 1. The predicted molar refractivity (Wildman–Crippen MR) is 115 cm³/mol. The Morgan fingerprint density at radius 3 is 2.65 bits per heavy atom. The summed E-state index contributed by atoms with van der Waals surface area (Å²) in [5, 5.41) is 2.50. The fourth-order valence-corrected chi connectivity index (χ4v) is 4.16. The van der Waals surface area contributed by atoms with Crippen LogP contribution in [0.4, 0.5) is 11.4 Å². The van der Waals surface area contributed by atoms with Crippen LogP contribution in [0.1, 0.15) is 17.3 Å². The molecular formula is C21H22N2O7S. The zero-order chi connectivity index (χ0) is 22.6. The Balaban J connectivity index is 1.68. The number of amides is 2. The molecule has 1 aliphatic rings. The maximum Gasteiger partial charge on any atom is 0.264 e. The summed E-state index contributed by atoms with van der Waals surface area (Å²) < 4.78 is 35.5. The van der Waals surface area contributed by atoms with Gasteiger partial charge in [0.1, 0.15) is 23.0 Å². The summed E-state index contributed by atoms with van der Waals surface area (Å²) >= 11 is 0. The molecule has 10 heteroatoms. The van der Waals surface area contributed by atoms with Gasteiger partial charge in [0.15, 0.2) is 22.2 Å². The second-order valence-corrected chi connectivity index (χ2v) is 8.92. The van der Waals surface area contributed by atoms with Gasteiger partial charge < -0.3 is 19.7 Å². The normalized spacial score (nSPS) is 13.2. The number of nitrogens with one attached hydrogen (secondary N) is 1. The number of Topliss-reactive ketones (excluding diaryl/α,β-unsaturated/α-hetero) is 1. The van der Waals surface area contributed by atoms with Crippen molar-refractivity contribution >= 4 is 38.8 Å². The van der Waals surface area contributed by atoms with Crippen LogP contribution >= 0.6 is 0 Å². The third-order valence-corrected chi connectivity index (χ3v) is 5.93. The summed E-state index contributed by atoms with van der Waals surface area (Å²) in [4.78, 5) is 37.9. The highest BCUT2D eigenvalue weighted by Crippen LogP contribution is 2.32. The summed E-state index contributed by atoms with van der Waals surface area (Å²) in [6.45, 7) is 2.06. The van der Waals surface area contributed by atoms with Gasteiger partial charge in [-0.05, 0) is 37.3 Å². The van der Waals surface area contributed by atoms with E-state index in [1.54, 1.807) is 38.2 Å². The molecule has 1 N–H and O–H groups in total. The van der Waals surface area contributed by atoms with E-state index >= 15 is 0 Å². The van der Waals surface area contributed by atoms with Crippen molar-refractivity contribution in [1.29, 1.82) is 0 Å². The minimum atomic E-state index is -4.03. The van der Waals surface area contributed by atoms with E-state index in [2.05, 4.69) is 5.32 Å². The van der Waals surface area contributed by atoms with E-state index in [1.807, 2.05) is 0 Å². The van der Waals surface area contributed by atoms with Crippen molar-refractivity contribution in [3.05, 3.63) is 48.0 Å². The lowest BCUT2D eigenvalue weighted by Crippen LogP contribution is -2.35. The smallest absolute Gasteiger partial charge is 0.264 e. The fraction of sp³-hybridized carbons (Fsp3) is 0.286. The van der Waals surface area contributed by atoms with Gasteiger partial charge in [-0.2, -0.15) is 0 Å². The summed E-state index contributed by atoms with van der Waals surface area (Å²) in [6, 6.07) is 11.0. The second kappa shape index (κ2) is 9.17. The first-order chi connectivity index (χ1) is 14.7. The molecule has 0 spiro atoms. The molecule has 0 unspecified atom stereocenters. The molecule has 0 aromatic heterocycles. The Labute approximate surface area is 179 Å². The second-order valence-electron chi connectivity index (χ2n) is 6.86. The van der Waals surface area contributed by atoms with Crippen molar-refractivity contribution in [2.24, 2.45) is 0 Å². The number of carbonyl (C=O) groups is 3. The summed E-state index contributed by atoms with van der Waals surface area (Å²) in [7, 11) is -2.49. The van der Waals surface area contributed by atoms with Crippen LogP contribution in [-0.2, 0) is 19.4 Å². The molecule has 164 valence electrons. The van der Waals surface area contributed by atoms with Gasteiger partial charge in [0, 0.05) is 12.6 Å². The maximum absolute atomic E-state index is 12.5. The number of ketones is 1. The highest BCUT2D eigenvalue weighted by Gasteiger charge is 2.26. The van der Waals surface area contributed by atoms with Crippen molar-refractivity contribution in [2.75, 3.05) is 42.0 Å². The van der Waals surface area contributed by atoms with E-state index in [0.29, 0.717) is 29.5 Å². The van der Waals surface area contributed by atoms with E-state index in [0.717, 1.165) is 0 Å². The largest absolute Gasteiger partial charge is 0.492 e. The number of sulfone groups is 1. The molecule has 2 aromatic carbocycles. The van der Waals surface area contributed by atoms with Crippen LogP contribution in [0.2, 0.25) is 0 Å². The quantitative estimate of drug-likeness (QED) is 0.613. The van der Waals surface area contributed by atoms with E-state index in [1.165, 1.54) is 23.1 Å². The van der Waals surface area contributed by atoms with Crippen LogP contribution < -0.4 is 19.7 Å². The minimum Gasteiger partial charge on any atom is -0.492 e. The number of nitrogens with zero attached hydrogens (tertiary/aromatic N) is 1. The van der Waals surface area contributed by atoms with Gasteiger partial charge in [0.2, 0.25) is 5.91 Å². The maximum atomic E-state index is 12.5. The van der Waals surface area contributed by atoms with E-state index in [9.17, 15) is 22.8 Å². The first-order valence-electron chi connectivity index (χ1n) is 9.49. The summed E-state index contributed by atoms with van der Waals surface area (Å²) in [5.41, 5.74) is 0.831. The molecule has 0 atom stereocenters. The van der Waals surface area contributed by atoms with Gasteiger partial charge in [0.05, 0.1) is 18.0 Å². The molecule has 0 aliphatic carbocycles. The van der Waals surface area contributed by atoms with Gasteiger partial charge in [-0.1, -0.05) is 12.1 Å². The molecule has 2 aromatic rings. The number of likely N-dealkylation sites (N-methyl/N-ethyl adjacent to an activating group) is 1. The Hall–Kier alpha value is -3.40. The van der Waals surface area contributed by atoms with Crippen molar-refractivity contribution in [3.8, 4) is 11.5 Å². The van der Waals surface area contributed by atoms with E-state index in [-0.39, 0.29) is 18.1 Å². The van der Waals surface area contributed by atoms with Gasteiger partial charge in [-0.15, -0.1) is 0 Å². The standard InChI is InChI=1S/C21H22N2O7S/c1-3-29-18-7-5-4-6-15(18)22-20(25)13-31(27,28)12-17(24)14-8-9-19-16(10-14)23(2)21(26)11-30-19/h4-10H,3,11-13H2,1-2H3,(H,22,25). The number of ether oxygens (including phenoxy) is 2. The monoisotopic (exact) mass is 446 g/mol. The molecule has 0 saturated carbocycles. The Kier molecular flexibility index (Phi) is 6.59. The van der Waals surface area contributed by atoms with Gasteiger partial charge in [0.25, 0.3) is 5.91 Å². The molecule has 2 amide bonds. The number of hydrogen-bond acceptors (Lipinski definition) is 7. The number of para-hydroxylation sites is 2. The van der Waals surface area contributed by atoms with Crippen molar-refractivity contribution in [2.45, 2.75) is 6.92 Å². The average Bonchev–Trinajstić information content (AvgIpc) is 2.71. The Bertz CT molecular complexity index is 1130. The van der Waals surface area contributed by atoms with Crippen LogP contribution in [0.3, 0.4) is 0 Å². The van der Waals surface area contributed by atoms with Crippen LogP contribution in [0.15, 0.2) is 42.5 Å². The Morgan fingerprint density at radius 2 is 1.90 bits per heavy atom. The van der Waals surface area contributed by atoms with Crippen LogP contribution in [0, 0.1) is 0 Å². The topological polar surface area (TPSA) is 119 Å². The van der Waals surface area contributed by atoms with Crippen molar-refractivity contribution in [1.82, 2.24) is 0 Å². The van der Waals surface area contributed by atoms with Crippen LogP contribution in [0.25, 0.3) is 0 Å². The number of carbonyl (C=O) groups excluding carboxylic acids is 3. The Morgan fingerprint density at radius 1 is 1.16 bits per heavy atom. The molecule has 3 rings (SSSR count). The zero-order valence-electron chi connectivity index (χ0n) is 17.1. The zero-order valence-corrected chi connectivity index (χ0v) is 17.9. The van der Waals surface area contributed by atoms with Gasteiger partial charge in [-0.3, -0.25) is 14.4 Å².